The molecular weight excluding hydrogens is 491 g/mol. The van der Waals surface area contributed by atoms with Crippen LogP contribution < -0.4 is 4.48 Å². The van der Waals surface area contributed by atoms with E-state index < -0.39 is 0 Å². The van der Waals surface area contributed by atoms with E-state index >= 15 is 0 Å². The van der Waals surface area contributed by atoms with Gasteiger partial charge in [-0.25, -0.2) is 0 Å². The Bertz CT molecular complexity index is 1440. The van der Waals surface area contributed by atoms with Gasteiger partial charge >= 0.3 is 197 Å². The minimum absolute atomic E-state index is 0.234. The van der Waals surface area contributed by atoms with Gasteiger partial charge in [-0.05, 0) is 0 Å². The van der Waals surface area contributed by atoms with Crippen LogP contribution in [0.25, 0.3) is 43.6 Å². The van der Waals surface area contributed by atoms with Gasteiger partial charge in [-0.15, -0.1) is 0 Å². The van der Waals surface area contributed by atoms with E-state index in [0.717, 1.165) is 61.0 Å². The molecule has 0 saturated heterocycles. The SMILES string of the molecule is OC1CC(n2cc(-c3cc4nc(-c5cccs5)ccc4cc3Cl)c3c([AsH2])ncnc32)C1. The van der Waals surface area contributed by atoms with E-state index in [1.165, 1.54) is 16.9 Å². The first-order valence-electron chi connectivity index (χ1n) is 10.0. The molecule has 0 amide bonds. The van der Waals surface area contributed by atoms with Crippen molar-refractivity contribution in [2.75, 3.05) is 0 Å². The van der Waals surface area contributed by atoms with E-state index in [2.05, 4.69) is 44.3 Å². The van der Waals surface area contributed by atoms with Crippen LogP contribution >= 0.6 is 22.9 Å². The molecule has 0 radical (unpaired) electrons. The first-order valence-corrected chi connectivity index (χ1v) is 12.5. The molecule has 0 aliphatic heterocycles. The Labute approximate surface area is 196 Å². The summed E-state index contributed by atoms with van der Waals surface area (Å²) in [5.74, 6) is 0. The summed E-state index contributed by atoms with van der Waals surface area (Å²) in [4.78, 5) is 15.1. The molecule has 5 nitrogen and oxygen atoms in total. The Hall–Kier alpha value is -2.24. The van der Waals surface area contributed by atoms with Crippen LogP contribution in [0.15, 0.2) is 54.3 Å². The number of aliphatic hydroxyl groups is 1. The molecular formula is C23H18AsClN4OS. The van der Waals surface area contributed by atoms with Gasteiger partial charge < -0.3 is 0 Å². The Morgan fingerprint density at radius 2 is 2.00 bits per heavy atom. The van der Waals surface area contributed by atoms with Crippen molar-refractivity contribution in [3.05, 3.63) is 59.3 Å². The van der Waals surface area contributed by atoms with Crippen LogP contribution in [-0.4, -0.2) is 47.6 Å². The van der Waals surface area contributed by atoms with Crippen LogP contribution in [0.5, 0.6) is 0 Å². The minimum atomic E-state index is -0.234. The van der Waals surface area contributed by atoms with Crippen molar-refractivity contribution in [2.45, 2.75) is 25.0 Å². The van der Waals surface area contributed by atoms with Crippen molar-refractivity contribution < 1.29 is 5.11 Å². The first-order chi connectivity index (χ1) is 15.1. The van der Waals surface area contributed by atoms with Gasteiger partial charge in [0.2, 0.25) is 0 Å². The van der Waals surface area contributed by atoms with Crippen LogP contribution in [-0.2, 0) is 0 Å². The number of rotatable bonds is 3. The van der Waals surface area contributed by atoms with Gasteiger partial charge in [-0.3, -0.25) is 0 Å². The molecule has 1 N–H and O–H groups in total. The van der Waals surface area contributed by atoms with Crippen molar-refractivity contribution in [3.8, 4) is 21.7 Å². The molecule has 1 unspecified atom stereocenters. The summed E-state index contributed by atoms with van der Waals surface area (Å²) in [5, 5.41) is 14.6. The molecule has 0 bridgehead atoms. The monoisotopic (exact) mass is 508 g/mol. The maximum atomic E-state index is 9.83. The summed E-state index contributed by atoms with van der Waals surface area (Å²) >= 11 is 9.92. The van der Waals surface area contributed by atoms with E-state index in [4.69, 9.17) is 16.6 Å². The molecule has 1 aliphatic carbocycles. The van der Waals surface area contributed by atoms with Crippen LogP contribution in [0.3, 0.4) is 0 Å². The first kappa shape index (κ1) is 19.4. The van der Waals surface area contributed by atoms with Gasteiger partial charge in [0.25, 0.3) is 0 Å². The third kappa shape index (κ3) is 3.21. The molecule has 31 heavy (non-hydrogen) atoms. The zero-order chi connectivity index (χ0) is 21.1. The predicted octanol–water partition coefficient (Wildman–Crippen LogP) is 3.98. The second-order valence-electron chi connectivity index (χ2n) is 7.89. The molecule has 1 aromatic carbocycles. The topological polar surface area (TPSA) is 63.8 Å². The number of halogens is 1. The van der Waals surface area contributed by atoms with Crippen LogP contribution in [0.1, 0.15) is 18.9 Å². The number of aliphatic hydroxyl groups excluding tert-OH is 1. The standard InChI is InChI=1S/C23H18AsClN4OS/c24-22-21-16(10-29(13-7-14(30)8-13)23(21)27-11-26-22)15-9-19-12(6-17(15)25)3-4-18(28-19)20-2-1-5-31-20/h1-6,9-11,13-14,30H,7-8,24H2. The van der Waals surface area contributed by atoms with E-state index in [1.807, 2.05) is 18.2 Å². The predicted molar refractivity (Wildman–Crippen MR) is 129 cm³/mol. The van der Waals surface area contributed by atoms with Crippen molar-refractivity contribution >= 4 is 66.2 Å². The second kappa shape index (κ2) is 7.42. The Morgan fingerprint density at radius 1 is 1.13 bits per heavy atom. The number of benzene rings is 1. The van der Waals surface area contributed by atoms with Gasteiger partial charge in [0.1, 0.15) is 0 Å². The number of fused-ring (bicyclic) bond motifs is 2. The molecule has 6 rings (SSSR count). The van der Waals surface area contributed by atoms with Gasteiger partial charge in [0.05, 0.1) is 0 Å². The zero-order valence-corrected chi connectivity index (χ0v) is 20.4. The summed E-state index contributed by atoms with van der Waals surface area (Å²) < 4.78 is 3.15. The summed E-state index contributed by atoms with van der Waals surface area (Å²) in [6.07, 6.45) is 4.99. The van der Waals surface area contributed by atoms with E-state index in [1.54, 1.807) is 17.7 Å². The molecule has 1 saturated carbocycles. The number of aromatic nitrogens is 4. The summed E-state index contributed by atoms with van der Waals surface area (Å²) in [5.41, 5.74) is 4.72. The summed E-state index contributed by atoms with van der Waals surface area (Å²) in [6, 6.07) is 12.5. The fraction of sp³-hybridized carbons (Fsp3) is 0.174. The van der Waals surface area contributed by atoms with Gasteiger partial charge in [-0.1, -0.05) is 0 Å². The van der Waals surface area contributed by atoms with Crippen LogP contribution in [0.4, 0.5) is 0 Å². The zero-order valence-electron chi connectivity index (χ0n) is 16.4. The Morgan fingerprint density at radius 3 is 2.77 bits per heavy atom. The average Bonchev–Trinajstić information content (AvgIpc) is 3.40. The molecule has 154 valence electrons. The molecule has 1 fully saturated rings. The fourth-order valence-corrected chi connectivity index (χ4v) is 5.99. The third-order valence-corrected chi connectivity index (χ3v) is 8.09. The number of hydrogen-bond donors (Lipinski definition) is 1. The third-order valence-electron chi connectivity index (χ3n) is 5.96. The number of hydrogen-bond acceptors (Lipinski definition) is 5. The fourth-order valence-electron chi connectivity index (χ4n) is 4.29. The van der Waals surface area contributed by atoms with Crippen LogP contribution in [0.2, 0.25) is 5.02 Å². The normalized spacial score (nSPS) is 18.5. The molecule has 5 aromatic rings. The van der Waals surface area contributed by atoms with E-state index in [9.17, 15) is 5.11 Å². The molecule has 1 atom stereocenters. The van der Waals surface area contributed by atoms with Crippen molar-refractivity contribution in [3.63, 3.8) is 0 Å². The second-order valence-corrected chi connectivity index (χ2v) is 10.4. The van der Waals surface area contributed by atoms with Gasteiger partial charge in [-0.2, -0.15) is 0 Å². The summed E-state index contributed by atoms with van der Waals surface area (Å²) in [7, 11) is 0. The Kier molecular flexibility index (Phi) is 4.65. The molecule has 1 aliphatic rings. The van der Waals surface area contributed by atoms with Crippen molar-refractivity contribution in [1.82, 2.24) is 19.5 Å². The van der Waals surface area contributed by atoms with E-state index in [-0.39, 0.29) is 12.1 Å². The number of pyridine rings is 1. The quantitative estimate of drug-likeness (QED) is 0.374. The molecule has 8 heteroatoms. The van der Waals surface area contributed by atoms with Crippen LogP contribution in [0, 0.1) is 0 Å². The maximum absolute atomic E-state index is 9.83. The average molecular weight is 509 g/mol. The summed E-state index contributed by atoms with van der Waals surface area (Å²) in [6.45, 7) is 0. The number of thiophene rings is 1. The molecule has 0 spiro atoms. The van der Waals surface area contributed by atoms with Gasteiger partial charge in [0.15, 0.2) is 0 Å². The van der Waals surface area contributed by atoms with E-state index in [0.29, 0.717) is 5.02 Å². The van der Waals surface area contributed by atoms with Gasteiger partial charge in [0, 0.05) is 0 Å². The Balaban J connectivity index is 1.56. The number of nitrogens with zero attached hydrogens (tertiary/aromatic N) is 4. The molecule has 4 aromatic heterocycles. The van der Waals surface area contributed by atoms with Crippen molar-refractivity contribution in [2.24, 2.45) is 0 Å². The van der Waals surface area contributed by atoms with Crippen molar-refractivity contribution in [1.29, 1.82) is 0 Å². The molecule has 4 heterocycles.